The summed E-state index contributed by atoms with van der Waals surface area (Å²) in [6.07, 6.45) is -0.183. The molecule has 0 aliphatic heterocycles. The fourth-order valence-corrected chi connectivity index (χ4v) is 2.06. The lowest BCUT2D eigenvalue weighted by Gasteiger charge is -2.20. The number of carbonyl (C=O) groups is 3. The molecule has 1 rings (SSSR count). The van der Waals surface area contributed by atoms with Crippen molar-refractivity contribution in [2.75, 3.05) is 6.61 Å². The summed E-state index contributed by atoms with van der Waals surface area (Å²) in [6, 6.07) is 4.15. The molecule has 1 aromatic carbocycles. The average molecular weight is 325 g/mol. The fourth-order valence-electron chi connectivity index (χ4n) is 2.06. The highest BCUT2D eigenvalue weighted by atomic mass is 19.1. The van der Waals surface area contributed by atoms with Crippen molar-refractivity contribution < 1.29 is 28.6 Å². The Kier molecular flexibility index (Phi) is 7.18. The normalized spacial score (nSPS) is 13.0. The molecule has 0 bridgehead atoms. The molecule has 1 amide bonds. The van der Waals surface area contributed by atoms with Crippen molar-refractivity contribution in [3.05, 3.63) is 35.6 Å². The van der Waals surface area contributed by atoms with Gasteiger partial charge in [-0.15, -0.1) is 0 Å². The molecule has 0 aliphatic carbocycles. The van der Waals surface area contributed by atoms with Gasteiger partial charge in [0.05, 0.1) is 19.4 Å². The minimum Gasteiger partial charge on any atom is -0.480 e. The van der Waals surface area contributed by atoms with Gasteiger partial charge in [0.15, 0.2) is 0 Å². The number of carbonyl (C=O) groups excluding carboxylic acids is 2. The zero-order chi connectivity index (χ0) is 17.4. The Morgan fingerprint density at radius 3 is 2.39 bits per heavy atom. The molecule has 0 aliphatic rings. The van der Waals surface area contributed by atoms with E-state index in [4.69, 9.17) is 4.74 Å². The van der Waals surface area contributed by atoms with Crippen molar-refractivity contribution >= 4 is 17.8 Å². The third-order valence-electron chi connectivity index (χ3n) is 3.22. The highest BCUT2D eigenvalue weighted by molar-refractivity contribution is 5.85. The van der Waals surface area contributed by atoms with E-state index in [2.05, 4.69) is 5.32 Å². The molecule has 0 unspecified atom stereocenters. The van der Waals surface area contributed by atoms with Crippen LogP contribution in [-0.2, 0) is 25.5 Å². The Balaban J connectivity index is 2.64. The summed E-state index contributed by atoms with van der Waals surface area (Å²) in [5.74, 6) is -3.29. The van der Waals surface area contributed by atoms with Crippen molar-refractivity contribution in [2.45, 2.75) is 32.7 Å². The molecule has 0 aromatic heterocycles. The summed E-state index contributed by atoms with van der Waals surface area (Å²) < 4.78 is 17.6. The molecule has 126 valence electrons. The molecule has 0 radical (unpaired) electrons. The zero-order valence-electron chi connectivity index (χ0n) is 13.0. The number of hydrogen-bond acceptors (Lipinski definition) is 4. The summed E-state index contributed by atoms with van der Waals surface area (Å²) in [4.78, 5) is 34.7. The molecule has 0 spiro atoms. The number of hydrogen-bond donors (Lipinski definition) is 2. The molecule has 0 heterocycles. The van der Waals surface area contributed by atoms with E-state index in [1.165, 1.54) is 24.3 Å². The molecule has 2 atom stereocenters. The smallest absolute Gasteiger partial charge is 0.326 e. The van der Waals surface area contributed by atoms with Gasteiger partial charge in [0.1, 0.15) is 11.9 Å². The van der Waals surface area contributed by atoms with Gasteiger partial charge in [0.2, 0.25) is 5.91 Å². The van der Waals surface area contributed by atoms with Crippen LogP contribution in [0.4, 0.5) is 4.39 Å². The lowest BCUT2D eigenvalue weighted by molar-refractivity contribution is -0.147. The van der Waals surface area contributed by atoms with Crippen molar-refractivity contribution in [1.82, 2.24) is 5.32 Å². The van der Waals surface area contributed by atoms with Crippen molar-refractivity contribution in [3.63, 3.8) is 0 Å². The van der Waals surface area contributed by atoms with E-state index in [0.29, 0.717) is 5.56 Å². The first-order valence-electron chi connectivity index (χ1n) is 7.25. The molecule has 0 saturated heterocycles. The van der Waals surface area contributed by atoms with E-state index < -0.39 is 35.6 Å². The van der Waals surface area contributed by atoms with Crippen LogP contribution >= 0.6 is 0 Å². The Morgan fingerprint density at radius 2 is 1.87 bits per heavy atom. The van der Waals surface area contributed by atoms with Crippen LogP contribution in [-0.4, -0.2) is 35.6 Å². The molecule has 0 saturated carbocycles. The number of carboxylic acid groups (broad SMARTS) is 1. The number of benzene rings is 1. The van der Waals surface area contributed by atoms with Gasteiger partial charge in [-0.2, -0.15) is 0 Å². The summed E-state index contributed by atoms with van der Waals surface area (Å²) in [6.45, 7) is 3.41. The molecular weight excluding hydrogens is 305 g/mol. The summed E-state index contributed by atoms with van der Waals surface area (Å²) in [7, 11) is 0. The molecule has 0 fully saturated rings. The van der Waals surface area contributed by atoms with Gasteiger partial charge in [-0.25, -0.2) is 9.18 Å². The number of amides is 1. The third kappa shape index (κ3) is 6.46. The summed E-state index contributed by atoms with van der Waals surface area (Å²) >= 11 is 0. The number of halogens is 1. The second-order valence-corrected chi connectivity index (χ2v) is 5.17. The van der Waals surface area contributed by atoms with Gasteiger partial charge in [0.25, 0.3) is 0 Å². The Labute approximate surface area is 133 Å². The predicted octanol–water partition coefficient (Wildman–Crippen LogP) is 1.53. The van der Waals surface area contributed by atoms with Gasteiger partial charge in [-0.1, -0.05) is 19.1 Å². The van der Waals surface area contributed by atoms with E-state index >= 15 is 0 Å². The van der Waals surface area contributed by atoms with E-state index in [0.717, 1.165) is 0 Å². The molecule has 7 heteroatoms. The first-order chi connectivity index (χ1) is 10.8. The SMILES string of the molecule is CCOC(=O)C[C@H](C)[C@H](NC(=O)Cc1ccc(F)cc1)C(=O)O. The minimum atomic E-state index is -1.23. The van der Waals surface area contributed by atoms with Crippen LogP contribution in [0.2, 0.25) is 0 Å². The Bertz CT molecular complexity index is 558. The fraction of sp³-hybridized carbons (Fsp3) is 0.438. The van der Waals surface area contributed by atoms with Crippen LogP contribution < -0.4 is 5.32 Å². The van der Waals surface area contributed by atoms with E-state index in [-0.39, 0.29) is 19.4 Å². The lowest BCUT2D eigenvalue weighted by atomic mass is 9.98. The van der Waals surface area contributed by atoms with Crippen LogP contribution in [0.25, 0.3) is 0 Å². The van der Waals surface area contributed by atoms with Crippen LogP contribution in [0.15, 0.2) is 24.3 Å². The number of rotatable bonds is 8. The standard InChI is InChI=1S/C16H20FNO5/c1-3-23-14(20)8-10(2)15(16(21)22)18-13(19)9-11-4-6-12(17)7-5-11/h4-7,10,15H,3,8-9H2,1-2H3,(H,18,19)(H,21,22)/t10-,15-/m0/s1. The van der Waals surface area contributed by atoms with Crippen LogP contribution in [0.3, 0.4) is 0 Å². The highest BCUT2D eigenvalue weighted by Crippen LogP contribution is 2.11. The summed E-state index contributed by atoms with van der Waals surface area (Å²) in [5.41, 5.74) is 0.561. The maximum atomic E-state index is 12.8. The van der Waals surface area contributed by atoms with Gasteiger partial charge in [-0.05, 0) is 30.5 Å². The molecule has 2 N–H and O–H groups in total. The quantitative estimate of drug-likeness (QED) is 0.707. The van der Waals surface area contributed by atoms with Crippen molar-refractivity contribution in [3.8, 4) is 0 Å². The van der Waals surface area contributed by atoms with Gasteiger partial charge < -0.3 is 15.2 Å². The monoisotopic (exact) mass is 325 g/mol. The predicted molar refractivity (Wildman–Crippen MR) is 80.1 cm³/mol. The number of aliphatic carboxylic acids is 1. The Hall–Kier alpha value is -2.44. The van der Waals surface area contributed by atoms with E-state index in [1.54, 1.807) is 13.8 Å². The van der Waals surface area contributed by atoms with Crippen molar-refractivity contribution in [1.29, 1.82) is 0 Å². The number of carboxylic acids is 1. The second-order valence-electron chi connectivity index (χ2n) is 5.17. The topological polar surface area (TPSA) is 92.7 Å². The third-order valence-corrected chi connectivity index (χ3v) is 3.22. The minimum absolute atomic E-state index is 0.0732. The first kappa shape index (κ1) is 18.6. The van der Waals surface area contributed by atoms with Crippen LogP contribution in [0.1, 0.15) is 25.8 Å². The number of ether oxygens (including phenoxy) is 1. The Morgan fingerprint density at radius 1 is 1.26 bits per heavy atom. The second kappa shape index (κ2) is 8.87. The summed E-state index contributed by atoms with van der Waals surface area (Å²) in [5, 5.41) is 11.6. The molecule has 23 heavy (non-hydrogen) atoms. The van der Waals surface area contributed by atoms with Gasteiger partial charge in [-0.3, -0.25) is 9.59 Å². The molecule has 6 nitrogen and oxygen atoms in total. The van der Waals surface area contributed by atoms with Gasteiger partial charge in [0, 0.05) is 0 Å². The van der Waals surface area contributed by atoms with E-state index in [9.17, 15) is 23.9 Å². The van der Waals surface area contributed by atoms with E-state index in [1.807, 2.05) is 0 Å². The van der Waals surface area contributed by atoms with Gasteiger partial charge >= 0.3 is 11.9 Å². The first-order valence-corrected chi connectivity index (χ1v) is 7.25. The molecule has 1 aromatic rings. The number of nitrogens with one attached hydrogen (secondary N) is 1. The lowest BCUT2D eigenvalue weighted by Crippen LogP contribution is -2.46. The maximum Gasteiger partial charge on any atom is 0.326 e. The van der Waals surface area contributed by atoms with Crippen LogP contribution in [0.5, 0.6) is 0 Å². The van der Waals surface area contributed by atoms with Crippen LogP contribution in [0, 0.1) is 11.7 Å². The average Bonchev–Trinajstić information content (AvgIpc) is 2.47. The highest BCUT2D eigenvalue weighted by Gasteiger charge is 2.28. The van der Waals surface area contributed by atoms with Crippen molar-refractivity contribution in [2.24, 2.45) is 5.92 Å². The number of esters is 1. The maximum absolute atomic E-state index is 12.8. The largest absolute Gasteiger partial charge is 0.480 e. The zero-order valence-corrected chi connectivity index (χ0v) is 13.0. The molecular formula is C16H20FNO5.